The fourth-order valence-electron chi connectivity index (χ4n) is 1.45. The zero-order valence-electron chi connectivity index (χ0n) is 8.15. The Labute approximate surface area is 72.7 Å². The summed E-state index contributed by atoms with van der Waals surface area (Å²) in [5.41, 5.74) is -1.88. The van der Waals surface area contributed by atoms with Gasteiger partial charge in [0.05, 0.1) is 0 Å². The number of alkyl halides is 1. The van der Waals surface area contributed by atoms with Gasteiger partial charge in [-0.05, 0) is 27.7 Å². The van der Waals surface area contributed by atoms with Gasteiger partial charge in [-0.25, -0.2) is 4.39 Å². The molecule has 1 aliphatic rings. The van der Waals surface area contributed by atoms with Gasteiger partial charge in [0.15, 0.2) is 5.67 Å². The lowest BCUT2D eigenvalue weighted by Gasteiger charge is -2.32. The number of hydrogen-bond acceptors (Lipinski definition) is 1. The van der Waals surface area contributed by atoms with E-state index in [-0.39, 0.29) is 11.4 Å². The molecular weight excluding hydrogens is 157 g/mol. The molecule has 0 aromatic carbocycles. The Balaban J connectivity index is 2.82. The zero-order chi connectivity index (χ0) is 9.57. The minimum atomic E-state index is -1.63. The summed E-state index contributed by atoms with van der Waals surface area (Å²) in [4.78, 5) is 13.0. The number of hydrogen-bond donors (Lipinski definition) is 0. The second-order valence-electron chi connectivity index (χ2n) is 4.58. The van der Waals surface area contributed by atoms with E-state index in [9.17, 15) is 9.18 Å². The predicted molar refractivity (Wildman–Crippen MR) is 45.6 cm³/mol. The molecule has 0 aliphatic carbocycles. The third kappa shape index (κ3) is 1.45. The lowest BCUT2D eigenvalue weighted by molar-refractivity contribution is -0.140. The van der Waals surface area contributed by atoms with E-state index in [4.69, 9.17) is 0 Å². The molecule has 1 amide bonds. The molecule has 1 rings (SSSR count). The third-order valence-electron chi connectivity index (χ3n) is 2.31. The van der Waals surface area contributed by atoms with Gasteiger partial charge in [0.1, 0.15) is 0 Å². The van der Waals surface area contributed by atoms with Crippen molar-refractivity contribution in [2.45, 2.75) is 45.3 Å². The minimum Gasteiger partial charge on any atom is -0.335 e. The molecule has 0 spiro atoms. The van der Waals surface area contributed by atoms with Crippen LogP contribution in [0.2, 0.25) is 0 Å². The van der Waals surface area contributed by atoms with Gasteiger partial charge < -0.3 is 4.90 Å². The zero-order valence-corrected chi connectivity index (χ0v) is 8.15. The molecule has 3 heteroatoms. The first-order valence-electron chi connectivity index (χ1n) is 4.26. The van der Waals surface area contributed by atoms with E-state index in [0.29, 0.717) is 13.0 Å². The van der Waals surface area contributed by atoms with Gasteiger partial charge in [-0.2, -0.15) is 0 Å². The van der Waals surface area contributed by atoms with Crippen LogP contribution in [0, 0.1) is 0 Å². The van der Waals surface area contributed by atoms with E-state index in [0.717, 1.165) is 0 Å². The molecular formula is C9H16FNO. The molecule has 0 aromatic rings. The fraction of sp³-hybridized carbons (Fsp3) is 0.889. The molecule has 0 aromatic heterocycles. The summed E-state index contributed by atoms with van der Waals surface area (Å²) in [6, 6.07) is 0. The fourth-order valence-corrected chi connectivity index (χ4v) is 1.45. The molecule has 2 nitrogen and oxygen atoms in total. The van der Waals surface area contributed by atoms with Gasteiger partial charge in [-0.3, -0.25) is 4.79 Å². The highest BCUT2D eigenvalue weighted by Gasteiger charge is 2.46. The van der Waals surface area contributed by atoms with Crippen LogP contribution >= 0.6 is 0 Å². The number of carbonyl (C=O) groups is 1. The summed E-state index contributed by atoms with van der Waals surface area (Å²) in [5.74, 6) is -0.366. The van der Waals surface area contributed by atoms with Crippen LogP contribution in [0.3, 0.4) is 0 Å². The second kappa shape index (κ2) is 2.44. The molecule has 0 bridgehead atoms. The summed E-state index contributed by atoms with van der Waals surface area (Å²) in [6.07, 6.45) is 0.323. The number of likely N-dealkylation sites (tertiary alicyclic amines) is 1. The molecule has 12 heavy (non-hydrogen) atoms. The van der Waals surface area contributed by atoms with E-state index < -0.39 is 5.67 Å². The SMILES string of the molecule is CC1(F)CCN(C(C)(C)C)C1=O. The Hall–Kier alpha value is -0.600. The van der Waals surface area contributed by atoms with Crippen LogP contribution in [0.5, 0.6) is 0 Å². The van der Waals surface area contributed by atoms with E-state index in [1.165, 1.54) is 6.92 Å². The first-order chi connectivity index (χ1) is 5.25. The van der Waals surface area contributed by atoms with Crippen molar-refractivity contribution in [2.75, 3.05) is 6.54 Å². The topological polar surface area (TPSA) is 20.3 Å². The van der Waals surface area contributed by atoms with Gasteiger partial charge in [0, 0.05) is 18.5 Å². The first-order valence-corrected chi connectivity index (χ1v) is 4.26. The summed E-state index contributed by atoms with van der Waals surface area (Å²) in [5, 5.41) is 0. The van der Waals surface area contributed by atoms with Gasteiger partial charge in [-0.15, -0.1) is 0 Å². The highest BCUT2D eigenvalue weighted by atomic mass is 19.1. The van der Waals surface area contributed by atoms with Crippen LogP contribution in [0.15, 0.2) is 0 Å². The van der Waals surface area contributed by atoms with Crippen LogP contribution in [0.25, 0.3) is 0 Å². The Morgan fingerprint density at radius 1 is 1.50 bits per heavy atom. The third-order valence-corrected chi connectivity index (χ3v) is 2.31. The molecule has 1 aliphatic heterocycles. The number of amides is 1. The molecule has 1 unspecified atom stereocenters. The van der Waals surface area contributed by atoms with Crippen LogP contribution in [-0.2, 0) is 4.79 Å². The highest BCUT2D eigenvalue weighted by Crippen LogP contribution is 2.31. The Morgan fingerprint density at radius 2 is 2.00 bits per heavy atom. The largest absolute Gasteiger partial charge is 0.335 e. The molecule has 1 saturated heterocycles. The minimum absolute atomic E-state index is 0.249. The monoisotopic (exact) mass is 173 g/mol. The summed E-state index contributed by atoms with van der Waals surface area (Å²) in [6.45, 7) is 7.67. The Morgan fingerprint density at radius 3 is 2.17 bits per heavy atom. The molecule has 0 N–H and O–H groups in total. The number of carbonyl (C=O) groups excluding carboxylic acids is 1. The van der Waals surface area contributed by atoms with Crippen molar-refractivity contribution >= 4 is 5.91 Å². The van der Waals surface area contributed by atoms with Crippen LogP contribution in [0.4, 0.5) is 4.39 Å². The number of halogens is 1. The quantitative estimate of drug-likeness (QED) is 0.546. The molecule has 70 valence electrons. The lowest BCUT2D eigenvalue weighted by atomic mass is 10.1. The van der Waals surface area contributed by atoms with Crippen molar-refractivity contribution in [1.82, 2.24) is 4.90 Å². The van der Waals surface area contributed by atoms with E-state index in [2.05, 4.69) is 0 Å². The predicted octanol–water partition coefficient (Wildman–Crippen LogP) is 1.75. The summed E-state index contributed by atoms with van der Waals surface area (Å²) < 4.78 is 13.4. The highest BCUT2D eigenvalue weighted by molar-refractivity contribution is 5.87. The van der Waals surface area contributed by atoms with Gasteiger partial charge in [-0.1, -0.05) is 0 Å². The molecule has 1 fully saturated rings. The first kappa shape index (κ1) is 9.49. The van der Waals surface area contributed by atoms with Crippen LogP contribution in [-0.4, -0.2) is 28.6 Å². The smallest absolute Gasteiger partial charge is 0.260 e. The molecule has 1 atom stereocenters. The summed E-state index contributed by atoms with van der Waals surface area (Å²) in [7, 11) is 0. The Kier molecular flexibility index (Phi) is 1.93. The van der Waals surface area contributed by atoms with Crippen molar-refractivity contribution in [3.63, 3.8) is 0 Å². The average Bonchev–Trinajstić information content (AvgIpc) is 2.06. The standard InChI is InChI=1S/C9H16FNO/c1-8(2,3)11-6-5-9(4,10)7(11)12/h5-6H2,1-4H3. The van der Waals surface area contributed by atoms with Gasteiger partial charge in [0.25, 0.3) is 5.91 Å². The maximum Gasteiger partial charge on any atom is 0.260 e. The van der Waals surface area contributed by atoms with Crippen molar-refractivity contribution in [3.05, 3.63) is 0 Å². The van der Waals surface area contributed by atoms with Crippen LogP contribution in [0.1, 0.15) is 34.1 Å². The average molecular weight is 173 g/mol. The summed E-state index contributed by atoms with van der Waals surface area (Å²) >= 11 is 0. The molecule has 1 heterocycles. The maximum absolute atomic E-state index is 13.4. The second-order valence-corrected chi connectivity index (χ2v) is 4.58. The van der Waals surface area contributed by atoms with Crippen molar-refractivity contribution in [2.24, 2.45) is 0 Å². The van der Waals surface area contributed by atoms with E-state index in [1.807, 2.05) is 20.8 Å². The van der Waals surface area contributed by atoms with Crippen molar-refractivity contribution < 1.29 is 9.18 Å². The molecule has 0 radical (unpaired) electrons. The lowest BCUT2D eigenvalue weighted by Crippen LogP contribution is -2.45. The van der Waals surface area contributed by atoms with Gasteiger partial charge in [0.2, 0.25) is 0 Å². The molecule has 0 saturated carbocycles. The maximum atomic E-state index is 13.4. The Bertz CT molecular complexity index is 205. The number of nitrogens with zero attached hydrogens (tertiary/aromatic N) is 1. The van der Waals surface area contributed by atoms with Crippen molar-refractivity contribution in [1.29, 1.82) is 0 Å². The van der Waals surface area contributed by atoms with E-state index in [1.54, 1.807) is 4.90 Å². The number of rotatable bonds is 0. The van der Waals surface area contributed by atoms with Crippen LogP contribution < -0.4 is 0 Å². The normalized spacial score (nSPS) is 31.4. The van der Waals surface area contributed by atoms with Gasteiger partial charge >= 0.3 is 0 Å². The van der Waals surface area contributed by atoms with Crippen molar-refractivity contribution in [3.8, 4) is 0 Å². The van der Waals surface area contributed by atoms with E-state index >= 15 is 0 Å².